The van der Waals surface area contributed by atoms with Crippen LogP contribution in [0.1, 0.15) is 24.2 Å². The number of hydrogen-bond donors (Lipinski definition) is 0. The van der Waals surface area contributed by atoms with Gasteiger partial charge in [-0.3, -0.25) is 4.57 Å². The molecule has 1 aliphatic rings. The first-order valence-corrected chi connectivity index (χ1v) is 10.4. The molecule has 1 aliphatic heterocycles. The zero-order valence-corrected chi connectivity index (χ0v) is 15.4. The summed E-state index contributed by atoms with van der Waals surface area (Å²) < 4.78 is 21.6. The van der Waals surface area contributed by atoms with Crippen LogP contribution in [-0.2, 0) is 15.3 Å². The fourth-order valence-corrected chi connectivity index (χ4v) is 5.95. The van der Waals surface area contributed by atoms with Crippen LogP contribution < -0.4 is 0 Å². The molecular formula is C21H22NO2P. The normalized spacial score (nSPS) is 27.0. The minimum Gasteiger partial charge on any atom is -0.307 e. The highest BCUT2D eigenvalue weighted by atomic mass is 31.2. The van der Waals surface area contributed by atoms with Crippen LogP contribution in [0.15, 0.2) is 72.8 Å². The minimum atomic E-state index is -2.91. The van der Waals surface area contributed by atoms with Crippen molar-refractivity contribution in [3.63, 3.8) is 0 Å². The highest BCUT2D eigenvalue weighted by Gasteiger charge is 2.46. The number of nitrogens with zero attached hydrogens (tertiary/aromatic N) is 1. The zero-order chi connectivity index (χ0) is 17.4. The Bertz CT molecular complexity index is 941. The van der Waals surface area contributed by atoms with Crippen LogP contribution in [0, 0.1) is 0 Å². The van der Waals surface area contributed by atoms with Gasteiger partial charge in [0.25, 0.3) is 7.52 Å². The molecule has 0 unspecified atom stereocenters. The van der Waals surface area contributed by atoms with Gasteiger partial charge in [-0.2, -0.15) is 0 Å². The molecule has 1 saturated heterocycles. The highest BCUT2D eigenvalue weighted by molar-refractivity contribution is 7.55. The maximum absolute atomic E-state index is 13.5. The van der Waals surface area contributed by atoms with Crippen molar-refractivity contribution in [3.8, 4) is 0 Å². The van der Waals surface area contributed by atoms with E-state index in [9.17, 15) is 4.57 Å². The first kappa shape index (κ1) is 16.5. The van der Waals surface area contributed by atoms with Crippen molar-refractivity contribution in [3.05, 3.63) is 83.9 Å². The fraction of sp³-hybridized carbons (Fsp3) is 0.238. The second-order valence-electron chi connectivity index (χ2n) is 6.73. The van der Waals surface area contributed by atoms with Crippen LogP contribution >= 0.6 is 7.52 Å². The van der Waals surface area contributed by atoms with Gasteiger partial charge in [-0.25, -0.2) is 4.67 Å². The lowest BCUT2D eigenvalue weighted by Gasteiger charge is -2.21. The van der Waals surface area contributed by atoms with Gasteiger partial charge in [-0.15, -0.1) is 0 Å². The lowest BCUT2D eigenvalue weighted by Crippen LogP contribution is -2.23. The topological polar surface area (TPSA) is 29.5 Å². The summed E-state index contributed by atoms with van der Waals surface area (Å²) in [6, 6.07) is 24.6. The summed E-state index contributed by atoms with van der Waals surface area (Å²) in [7, 11) is -0.993. The lowest BCUT2D eigenvalue weighted by atomic mass is 10.0. The Labute approximate surface area is 148 Å². The van der Waals surface area contributed by atoms with Gasteiger partial charge in [0.15, 0.2) is 0 Å². The molecule has 1 fully saturated rings. The molecule has 4 heteroatoms. The van der Waals surface area contributed by atoms with Crippen LogP contribution in [0.3, 0.4) is 0 Å². The summed E-state index contributed by atoms with van der Waals surface area (Å²) in [5.41, 5.74) is 2.13. The second kappa shape index (κ2) is 6.42. The zero-order valence-electron chi connectivity index (χ0n) is 14.5. The van der Waals surface area contributed by atoms with E-state index >= 15 is 0 Å². The number of rotatable bonds is 3. The molecule has 3 nitrogen and oxygen atoms in total. The summed E-state index contributed by atoms with van der Waals surface area (Å²) in [6.45, 7) is 2.08. The molecule has 0 bridgehead atoms. The van der Waals surface area contributed by atoms with Crippen LogP contribution in [0.25, 0.3) is 10.8 Å². The first-order chi connectivity index (χ1) is 12.1. The van der Waals surface area contributed by atoms with E-state index in [0.717, 1.165) is 11.1 Å². The molecule has 0 amide bonds. The number of fused-ring (bicyclic) bond motifs is 1. The molecule has 3 atom stereocenters. The van der Waals surface area contributed by atoms with Gasteiger partial charge in [0, 0.05) is 6.04 Å². The monoisotopic (exact) mass is 351 g/mol. The van der Waals surface area contributed by atoms with Gasteiger partial charge in [-0.05, 0) is 35.9 Å². The Morgan fingerprint density at radius 3 is 2.40 bits per heavy atom. The van der Waals surface area contributed by atoms with Gasteiger partial charge in [-0.1, -0.05) is 72.8 Å². The molecule has 25 heavy (non-hydrogen) atoms. The van der Waals surface area contributed by atoms with Crippen molar-refractivity contribution in [2.45, 2.75) is 25.2 Å². The predicted molar refractivity (Wildman–Crippen MR) is 103 cm³/mol. The van der Waals surface area contributed by atoms with Gasteiger partial charge in [0.1, 0.15) is 6.10 Å². The lowest BCUT2D eigenvalue weighted by molar-refractivity contribution is 0.210. The molecule has 1 heterocycles. The third kappa shape index (κ3) is 3.04. The quantitative estimate of drug-likeness (QED) is 0.573. The summed E-state index contributed by atoms with van der Waals surface area (Å²) in [5.74, 6) is 0. The van der Waals surface area contributed by atoms with E-state index in [1.165, 1.54) is 10.8 Å². The molecule has 3 aromatic carbocycles. The molecule has 0 aliphatic carbocycles. The van der Waals surface area contributed by atoms with E-state index < -0.39 is 7.52 Å². The maximum atomic E-state index is 13.5. The predicted octanol–water partition coefficient (Wildman–Crippen LogP) is 5.62. The van der Waals surface area contributed by atoms with Gasteiger partial charge >= 0.3 is 0 Å². The van der Waals surface area contributed by atoms with Crippen molar-refractivity contribution < 1.29 is 9.09 Å². The molecule has 0 saturated carbocycles. The molecule has 4 rings (SSSR count). The number of likely N-dealkylation sites (N-methyl/N-ethyl adjacent to an activating group) is 1. The number of benzene rings is 3. The maximum Gasteiger partial charge on any atom is 0.277 e. The van der Waals surface area contributed by atoms with E-state index in [-0.39, 0.29) is 12.1 Å². The van der Waals surface area contributed by atoms with E-state index in [0.29, 0.717) is 6.16 Å². The van der Waals surface area contributed by atoms with Crippen LogP contribution in [0.5, 0.6) is 0 Å². The number of hydrogen-bond acceptors (Lipinski definition) is 2. The van der Waals surface area contributed by atoms with E-state index in [2.05, 4.69) is 37.3 Å². The van der Waals surface area contributed by atoms with Crippen LogP contribution in [0.4, 0.5) is 0 Å². The SMILES string of the molecule is C[C@H]1[C@@H](c2ccccc2)O[P@@](=O)(Cc2ccc3ccccc3c2)N1C. The van der Waals surface area contributed by atoms with E-state index in [1.54, 1.807) is 0 Å². The minimum absolute atomic E-state index is 0.0775. The molecule has 0 aromatic heterocycles. The van der Waals surface area contributed by atoms with Crippen molar-refractivity contribution in [1.82, 2.24) is 4.67 Å². The molecule has 3 aromatic rings. The van der Waals surface area contributed by atoms with E-state index in [4.69, 9.17) is 4.52 Å². The molecule has 0 N–H and O–H groups in total. The Kier molecular flexibility index (Phi) is 4.24. The Morgan fingerprint density at radius 1 is 0.960 bits per heavy atom. The molecular weight excluding hydrogens is 329 g/mol. The first-order valence-electron chi connectivity index (χ1n) is 8.60. The third-order valence-electron chi connectivity index (χ3n) is 5.11. The highest BCUT2D eigenvalue weighted by Crippen LogP contribution is 2.63. The second-order valence-corrected chi connectivity index (χ2v) is 9.16. The average molecular weight is 351 g/mol. The molecule has 0 radical (unpaired) electrons. The van der Waals surface area contributed by atoms with Crippen molar-refractivity contribution in [2.75, 3.05) is 7.05 Å². The Morgan fingerprint density at radius 2 is 1.64 bits per heavy atom. The van der Waals surface area contributed by atoms with E-state index in [1.807, 2.05) is 54.2 Å². The standard InChI is InChI=1S/C21H22NO2P/c1-16-21(19-9-4-3-5-10-19)24-25(23,22(16)2)15-17-12-13-18-8-6-7-11-20(18)14-17/h3-14,16,21H,15H2,1-2H3/t16-,21-,25-/m0/s1. The van der Waals surface area contributed by atoms with Crippen LogP contribution in [0.2, 0.25) is 0 Å². The van der Waals surface area contributed by atoms with Crippen molar-refractivity contribution in [2.24, 2.45) is 0 Å². The fourth-order valence-electron chi connectivity index (χ4n) is 3.51. The smallest absolute Gasteiger partial charge is 0.277 e. The molecule has 128 valence electrons. The third-order valence-corrected chi connectivity index (χ3v) is 7.76. The summed E-state index contributed by atoms with van der Waals surface area (Å²) in [4.78, 5) is 0. The Balaban J connectivity index is 1.63. The Hall–Kier alpha value is -1.93. The summed E-state index contributed by atoms with van der Waals surface area (Å²) in [6.07, 6.45) is 0.277. The summed E-state index contributed by atoms with van der Waals surface area (Å²) in [5, 5.41) is 2.36. The van der Waals surface area contributed by atoms with Gasteiger partial charge < -0.3 is 4.52 Å². The average Bonchev–Trinajstić information content (AvgIpc) is 2.87. The molecule has 0 spiro atoms. The van der Waals surface area contributed by atoms with Crippen LogP contribution in [-0.4, -0.2) is 17.8 Å². The largest absolute Gasteiger partial charge is 0.307 e. The van der Waals surface area contributed by atoms with Crippen molar-refractivity contribution in [1.29, 1.82) is 0 Å². The van der Waals surface area contributed by atoms with Crippen molar-refractivity contribution >= 4 is 18.3 Å². The van der Waals surface area contributed by atoms with Gasteiger partial charge in [0.2, 0.25) is 0 Å². The summed E-state index contributed by atoms with van der Waals surface area (Å²) >= 11 is 0. The van der Waals surface area contributed by atoms with Gasteiger partial charge in [0.05, 0.1) is 6.16 Å².